The van der Waals surface area contributed by atoms with E-state index in [9.17, 15) is 0 Å². The lowest BCUT2D eigenvalue weighted by atomic mass is 10.2. The highest BCUT2D eigenvalue weighted by Crippen LogP contribution is 2.28. The van der Waals surface area contributed by atoms with Crippen LogP contribution in [-0.4, -0.2) is 18.1 Å². The van der Waals surface area contributed by atoms with Gasteiger partial charge in [0.05, 0.1) is 12.2 Å². The molecule has 4 heteroatoms. The van der Waals surface area contributed by atoms with E-state index < -0.39 is 0 Å². The molecule has 0 fully saturated rings. The maximum Gasteiger partial charge on any atom is 0.107 e. The average molecular weight is 301 g/mol. The number of benzene rings is 1. The third-order valence-electron chi connectivity index (χ3n) is 3.76. The van der Waals surface area contributed by atoms with Crippen LogP contribution in [-0.2, 0) is 19.5 Å². The van der Waals surface area contributed by atoms with Crippen LogP contribution in [0.4, 0.5) is 5.69 Å². The van der Waals surface area contributed by atoms with Crippen LogP contribution >= 0.6 is 11.3 Å². The van der Waals surface area contributed by atoms with E-state index in [1.54, 1.807) is 11.3 Å². The lowest BCUT2D eigenvalue weighted by molar-refractivity contribution is 0.551. The van der Waals surface area contributed by atoms with Crippen molar-refractivity contribution in [2.45, 2.75) is 33.4 Å². The van der Waals surface area contributed by atoms with Crippen LogP contribution in [0.5, 0.6) is 0 Å². The molecule has 21 heavy (non-hydrogen) atoms. The first-order chi connectivity index (χ1) is 10.2. The van der Waals surface area contributed by atoms with Gasteiger partial charge in [-0.2, -0.15) is 0 Å². The Morgan fingerprint density at radius 2 is 2.19 bits per heavy atom. The third kappa shape index (κ3) is 3.63. The quantitative estimate of drug-likeness (QED) is 0.886. The van der Waals surface area contributed by atoms with Gasteiger partial charge in [0.25, 0.3) is 0 Å². The number of para-hydroxylation sites is 1. The molecule has 3 nitrogen and oxygen atoms in total. The van der Waals surface area contributed by atoms with Crippen molar-refractivity contribution < 1.29 is 0 Å². The fourth-order valence-corrected chi connectivity index (χ4v) is 3.49. The number of rotatable bonds is 6. The Balaban J connectivity index is 1.58. The molecule has 0 spiro atoms. The summed E-state index contributed by atoms with van der Waals surface area (Å²) in [4.78, 5) is 7.20. The number of nitrogens with one attached hydrogen (secondary N) is 1. The van der Waals surface area contributed by atoms with Gasteiger partial charge in [-0.25, -0.2) is 4.98 Å². The monoisotopic (exact) mass is 301 g/mol. The van der Waals surface area contributed by atoms with Crippen LogP contribution in [0, 0.1) is 5.92 Å². The highest BCUT2D eigenvalue weighted by Gasteiger charge is 2.19. The summed E-state index contributed by atoms with van der Waals surface area (Å²) in [7, 11) is 0. The van der Waals surface area contributed by atoms with Crippen LogP contribution < -0.4 is 10.2 Å². The van der Waals surface area contributed by atoms with Crippen molar-refractivity contribution in [3.05, 3.63) is 45.9 Å². The molecule has 2 aromatic rings. The van der Waals surface area contributed by atoms with Crippen molar-refractivity contribution in [3.8, 4) is 0 Å². The maximum absolute atomic E-state index is 4.76. The fraction of sp³-hybridized carbons (Fsp3) is 0.471. The topological polar surface area (TPSA) is 28.2 Å². The predicted molar refractivity (Wildman–Crippen MR) is 89.9 cm³/mol. The van der Waals surface area contributed by atoms with E-state index in [-0.39, 0.29) is 0 Å². The first-order valence-corrected chi connectivity index (χ1v) is 8.57. The van der Waals surface area contributed by atoms with Gasteiger partial charge in [0.2, 0.25) is 0 Å². The minimum atomic E-state index is 0.686. The summed E-state index contributed by atoms with van der Waals surface area (Å²) >= 11 is 1.77. The maximum atomic E-state index is 4.76. The molecule has 1 aromatic heterocycles. The Bertz CT molecular complexity index is 591. The average Bonchev–Trinajstić information content (AvgIpc) is 3.07. The molecule has 1 aliphatic rings. The summed E-state index contributed by atoms with van der Waals surface area (Å²) in [6.07, 6.45) is 1.16. The van der Waals surface area contributed by atoms with Crippen LogP contribution in [0.25, 0.3) is 0 Å². The molecule has 0 bridgehead atoms. The summed E-state index contributed by atoms with van der Waals surface area (Å²) in [5, 5.41) is 6.85. The number of hydrogen-bond acceptors (Lipinski definition) is 4. The molecule has 0 radical (unpaired) electrons. The molecule has 1 aromatic carbocycles. The first-order valence-electron chi connectivity index (χ1n) is 7.69. The zero-order valence-electron chi connectivity index (χ0n) is 12.8. The first kappa shape index (κ1) is 14.5. The van der Waals surface area contributed by atoms with Crippen molar-refractivity contribution in [1.82, 2.24) is 10.3 Å². The lowest BCUT2D eigenvalue weighted by Crippen LogP contribution is -2.20. The number of hydrogen-bond donors (Lipinski definition) is 1. The van der Waals surface area contributed by atoms with Crippen molar-refractivity contribution in [2.75, 3.05) is 18.0 Å². The number of anilines is 1. The number of aromatic nitrogens is 1. The summed E-state index contributed by atoms with van der Waals surface area (Å²) in [6.45, 7) is 8.43. The van der Waals surface area contributed by atoms with Gasteiger partial charge >= 0.3 is 0 Å². The molecular formula is C17H23N3S. The van der Waals surface area contributed by atoms with E-state index in [4.69, 9.17) is 4.98 Å². The Kier molecular flexibility index (Phi) is 4.56. The second-order valence-electron chi connectivity index (χ2n) is 6.06. The van der Waals surface area contributed by atoms with Crippen LogP contribution in [0.3, 0.4) is 0 Å². The predicted octanol–water partition coefficient (Wildman–Crippen LogP) is 3.45. The largest absolute Gasteiger partial charge is 0.365 e. The van der Waals surface area contributed by atoms with E-state index >= 15 is 0 Å². The summed E-state index contributed by atoms with van der Waals surface area (Å²) in [5.41, 5.74) is 4.04. The van der Waals surface area contributed by atoms with Gasteiger partial charge in [0, 0.05) is 24.2 Å². The number of thiazole rings is 1. The van der Waals surface area contributed by atoms with Gasteiger partial charge in [-0.1, -0.05) is 32.0 Å². The van der Waals surface area contributed by atoms with Gasteiger partial charge in [0.1, 0.15) is 5.01 Å². The molecule has 0 unspecified atom stereocenters. The molecule has 112 valence electrons. The number of nitrogens with zero attached hydrogens (tertiary/aromatic N) is 2. The van der Waals surface area contributed by atoms with Crippen LogP contribution in [0.1, 0.15) is 30.1 Å². The van der Waals surface area contributed by atoms with Crippen molar-refractivity contribution in [2.24, 2.45) is 5.92 Å². The Morgan fingerprint density at radius 3 is 3.05 bits per heavy atom. The minimum Gasteiger partial charge on any atom is -0.365 e. The Morgan fingerprint density at radius 1 is 1.33 bits per heavy atom. The summed E-state index contributed by atoms with van der Waals surface area (Å²) in [5.74, 6) is 0.686. The second-order valence-corrected chi connectivity index (χ2v) is 7.00. The molecule has 0 saturated heterocycles. The minimum absolute atomic E-state index is 0.686. The molecule has 0 saturated carbocycles. The highest BCUT2D eigenvalue weighted by molar-refractivity contribution is 7.09. The van der Waals surface area contributed by atoms with E-state index in [2.05, 4.69) is 53.7 Å². The molecular weight excluding hydrogens is 278 g/mol. The Hall–Kier alpha value is -1.39. The molecule has 0 aliphatic carbocycles. The van der Waals surface area contributed by atoms with Gasteiger partial charge in [-0.15, -0.1) is 11.3 Å². The van der Waals surface area contributed by atoms with Gasteiger partial charge < -0.3 is 10.2 Å². The molecule has 2 heterocycles. The van der Waals surface area contributed by atoms with Gasteiger partial charge in [0.15, 0.2) is 0 Å². The summed E-state index contributed by atoms with van der Waals surface area (Å²) < 4.78 is 0. The lowest BCUT2D eigenvalue weighted by Gasteiger charge is -2.17. The molecule has 3 rings (SSSR count). The van der Waals surface area contributed by atoms with Crippen molar-refractivity contribution in [3.63, 3.8) is 0 Å². The van der Waals surface area contributed by atoms with E-state index in [0.29, 0.717) is 5.92 Å². The second kappa shape index (κ2) is 6.58. The third-order valence-corrected chi connectivity index (χ3v) is 4.66. The summed E-state index contributed by atoms with van der Waals surface area (Å²) in [6, 6.07) is 8.71. The highest BCUT2D eigenvalue weighted by atomic mass is 32.1. The zero-order chi connectivity index (χ0) is 14.7. The SMILES string of the molecule is CC(C)CNCc1nc(CN2CCc3ccccc32)cs1. The smallest absolute Gasteiger partial charge is 0.107 e. The van der Waals surface area contributed by atoms with Crippen molar-refractivity contribution >= 4 is 17.0 Å². The van der Waals surface area contributed by atoms with Gasteiger partial charge in [-0.3, -0.25) is 0 Å². The fourth-order valence-electron chi connectivity index (χ4n) is 2.74. The normalized spacial score (nSPS) is 14.0. The van der Waals surface area contributed by atoms with Crippen LogP contribution in [0.15, 0.2) is 29.6 Å². The van der Waals surface area contributed by atoms with E-state index in [1.165, 1.54) is 22.0 Å². The van der Waals surface area contributed by atoms with Crippen LogP contribution in [0.2, 0.25) is 0 Å². The standard InChI is InChI=1S/C17H23N3S/c1-13(2)9-18-10-17-19-15(12-21-17)11-20-8-7-14-5-3-4-6-16(14)20/h3-6,12-13,18H,7-11H2,1-2H3. The molecule has 1 N–H and O–H groups in total. The zero-order valence-corrected chi connectivity index (χ0v) is 13.6. The Labute approximate surface area is 131 Å². The molecule has 1 aliphatic heterocycles. The number of fused-ring (bicyclic) bond motifs is 1. The van der Waals surface area contributed by atoms with Gasteiger partial charge in [-0.05, 0) is 30.5 Å². The van der Waals surface area contributed by atoms with E-state index in [0.717, 1.165) is 32.6 Å². The molecule has 0 atom stereocenters. The molecule has 0 amide bonds. The van der Waals surface area contributed by atoms with E-state index in [1.807, 2.05) is 0 Å². The van der Waals surface area contributed by atoms with Crippen molar-refractivity contribution in [1.29, 1.82) is 0 Å².